The van der Waals surface area contributed by atoms with E-state index in [9.17, 15) is 0 Å². The highest BCUT2D eigenvalue weighted by Gasteiger charge is 2.07. The first-order valence-corrected chi connectivity index (χ1v) is 7.12. The van der Waals surface area contributed by atoms with Crippen LogP contribution >= 0.6 is 0 Å². The maximum atomic E-state index is 5.19. The maximum Gasteiger partial charge on any atom is 0.207 e. The third-order valence-corrected chi connectivity index (χ3v) is 3.14. The average molecular weight is 273 g/mol. The molecular weight excluding hydrogens is 250 g/mol. The van der Waals surface area contributed by atoms with Crippen LogP contribution in [0.1, 0.15) is 31.0 Å². The molecule has 1 heterocycles. The Balaban J connectivity index is 2.24. The van der Waals surface area contributed by atoms with Crippen molar-refractivity contribution in [3.63, 3.8) is 0 Å². The summed E-state index contributed by atoms with van der Waals surface area (Å²) in [6, 6.07) is 8.34. The third kappa shape index (κ3) is 3.61. The van der Waals surface area contributed by atoms with Gasteiger partial charge in [0.25, 0.3) is 0 Å². The molecule has 4 heteroatoms. The van der Waals surface area contributed by atoms with Crippen molar-refractivity contribution in [3.8, 4) is 5.69 Å². The molecular formula is C16H23N3O. The van der Waals surface area contributed by atoms with Crippen LogP contribution in [0.4, 0.5) is 5.95 Å². The quantitative estimate of drug-likeness (QED) is 0.784. The number of rotatable bonds is 7. The van der Waals surface area contributed by atoms with Gasteiger partial charge in [0.15, 0.2) is 0 Å². The van der Waals surface area contributed by atoms with Crippen LogP contribution in [0, 0.1) is 6.92 Å². The van der Waals surface area contributed by atoms with Gasteiger partial charge in [0, 0.05) is 25.5 Å². The zero-order chi connectivity index (χ0) is 14.4. The van der Waals surface area contributed by atoms with Crippen LogP contribution in [0.25, 0.3) is 5.69 Å². The number of imidazole rings is 1. The number of nitrogens with zero attached hydrogens (tertiary/aromatic N) is 2. The minimum atomic E-state index is 0.625. The lowest BCUT2D eigenvalue weighted by Crippen LogP contribution is -2.07. The largest absolute Gasteiger partial charge is 0.380 e. The first-order valence-electron chi connectivity index (χ1n) is 7.12. The Hall–Kier alpha value is -1.81. The van der Waals surface area contributed by atoms with Crippen LogP contribution in [-0.4, -0.2) is 23.2 Å². The van der Waals surface area contributed by atoms with Gasteiger partial charge >= 0.3 is 0 Å². The summed E-state index contributed by atoms with van der Waals surface area (Å²) in [5, 5.41) is 3.41. The van der Waals surface area contributed by atoms with E-state index in [0.717, 1.165) is 35.9 Å². The van der Waals surface area contributed by atoms with Crippen LogP contribution in [0.2, 0.25) is 0 Å². The number of ether oxygens (including phenoxy) is 1. The van der Waals surface area contributed by atoms with Crippen LogP contribution in [0.3, 0.4) is 0 Å². The van der Waals surface area contributed by atoms with E-state index in [1.165, 1.54) is 6.42 Å². The summed E-state index contributed by atoms with van der Waals surface area (Å²) < 4.78 is 7.29. The molecule has 4 nitrogen and oxygen atoms in total. The summed E-state index contributed by atoms with van der Waals surface area (Å²) in [7, 11) is 1.71. The molecule has 0 saturated heterocycles. The van der Waals surface area contributed by atoms with E-state index >= 15 is 0 Å². The molecule has 0 saturated carbocycles. The normalized spacial score (nSPS) is 10.8. The monoisotopic (exact) mass is 273 g/mol. The molecule has 0 radical (unpaired) electrons. The van der Waals surface area contributed by atoms with Crippen molar-refractivity contribution in [2.45, 2.75) is 33.3 Å². The number of hydrogen-bond donors (Lipinski definition) is 1. The molecule has 1 aromatic heterocycles. The summed E-state index contributed by atoms with van der Waals surface area (Å²) >= 11 is 0. The van der Waals surface area contributed by atoms with Gasteiger partial charge in [-0.05, 0) is 31.0 Å². The number of aryl methyl sites for hydroxylation is 1. The summed E-state index contributed by atoms with van der Waals surface area (Å²) in [5.41, 5.74) is 3.29. The Kier molecular flexibility index (Phi) is 5.18. The Morgan fingerprint density at radius 2 is 2.20 bits per heavy atom. The van der Waals surface area contributed by atoms with E-state index < -0.39 is 0 Å². The van der Waals surface area contributed by atoms with Crippen LogP contribution in [0.5, 0.6) is 0 Å². The van der Waals surface area contributed by atoms with Crippen molar-refractivity contribution >= 4 is 5.95 Å². The molecule has 1 aromatic carbocycles. The second kappa shape index (κ2) is 7.10. The molecule has 108 valence electrons. The Bertz CT molecular complexity index is 548. The number of aromatic nitrogens is 2. The molecule has 0 fully saturated rings. The summed E-state index contributed by atoms with van der Waals surface area (Å²) in [6.07, 6.45) is 4.38. The smallest absolute Gasteiger partial charge is 0.207 e. The molecule has 20 heavy (non-hydrogen) atoms. The molecule has 0 unspecified atom stereocenters. The SMILES string of the molecule is CCCCNc1nc(C)cn1-c1cccc(COC)c1. The van der Waals surface area contributed by atoms with Gasteiger partial charge in [-0.15, -0.1) is 0 Å². The maximum absolute atomic E-state index is 5.19. The number of methoxy groups -OCH3 is 1. The van der Waals surface area contributed by atoms with Gasteiger partial charge in [0.1, 0.15) is 0 Å². The fraction of sp³-hybridized carbons (Fsp3) is 0.438. The third-order valence-electron chi connectivity index (χ3n) is 3.14. The predicted molar refractivity (Wildman–Crippen MR) is 82.4 cm³/mol. The molecule has 0 spiro atoms. The Morgan fingerprint density at radius 3 is 2.95 bits per heavy atom. The highest BCUT2D eigenvalue weighted by molar-refractivity contribution is 5.44. The molecule has 1 N–H and O–H groups in total. The zero-order valence-electron chi connectivity index (χ0n) is 12.5. The molecule has 0 amide bonds. The number of benzene rings is 1. The molecule has 0 aliphatic carbocycles. The van der Waals surface area contributed by atoms with Crippen molar-refractivity contribution < 1.29 is 4.74 Å². The van der Waals surface area contributed by atoms with E-state index in [2.05, 4.69) is 52.3 Å². The van der Waals surface area contributed by atoms with Gasteiger partial charge in [-0.2, -0.15) is 0 Å². The standard InChI is InChI=1S/C16H23N3O/c1-4-5-9-17-16-18-13(2)11-19(16)15-8-6-7-14(10-15)12-20-3/h6-8,10-11H,4-5,9,12H2,1-3H3,(H,17,18). The van der Waals surface area contributed by atoms with Crippen LogP contribution in [-0.2, 0) is 11.3 Å². The molecule has 0 aliphatic rings. The van der Waals surface area contributed by atoms with E-state index in [1.807, 2.05) is 6.92 Å². The van der Waals surface area contributed by atoms with E-state index in [-0.39, 0.29) is 0 Å². The van der Waals surface area contributed by atoms with Crippen LogP contribution in [0.15, 0.2) is 30.5 Å². The number of unbranched alkanes of at least 4 members (excludes halogenated alkanes) is 1. The molecule has 0 bridgehead atoms. The Morgan fingerprint density at radius 1 is 1.35 bits per heavy atom. The fourth-order valence-electron chi connectivity index (χ4n) is 2.16. The van der Waals surface area contributed by atoms with Gasteiger partial charge < -0.3 is 10.1 Å². The second-order valence-electron chi connectivity index (χ2n) is 4.96. The van der Waals surface area contributed by atoms with Crippen LogP contribution < -0.4 is 5.32 Å². The van der Waals surface area contributed by atoms with E-state index in [4.69, 9.17) is 4.74 Å². The first kappa shape index (κ1) is 14.6. The van der Waals surface area contributed by atoms with Gasteiger partial charge in [0.05, 0.1) is 12.3 Å². The lowest BCUT2D eigenvalue weighted by Gasteiger charge is -2.10. The summed E-state index contributed by atoms with van der Waals surface area (Å²) in [5.74, 6) is 0.908. The second-order valence-corrected chi connectivity index (χ2v) is 4.96. The molecule has 2 aromatic rings. The fourth-order valence-corrected chi connectivity index (χ4v) is 2.16. The minimum Gasteiger partial charge on any atom is -0.380 e. The number of nitrogens with one attached hydrogen (secondary N) is 1. The predicted octanol–water partition coefficient (Wildman–Crippen LogP) is 3.54. The van der Waals surface area contributed by atoms with Crippen molar-refractivity contribution in [1.82, 2.24) is 9.55 Å². The highest BCUT2D eigenvalue weighted by Crippen LogP contribution is 2.18. The molecule has 0 aliphatic heterocycles. The van der Waals surface area contributed by atoms with Crippen molar-refractivity contribution in [3.05, 3.63) is 41.7 Å². The van der Waals surface area contributed by atoms with Gasteiger partial charge in [-0.3, -0.25) is 4.57 Å². The van der Waals surface area contributed by atoms with Crippen molar-refractivity contribution in [2.75, 3.05) is 19.0 Å². The Labute approximate surface area is 120 Å². The van der Waals surface area contributed by atoms with Gasteiger partial charge in [-0.1, -0.05) is 25.5 Å². The lowest BCUT2D eigenvalue weighted by atomic mass is 10.2. The van der Waals surface area contributed by atoms with Gasteiger partial charge in [0.2, 0.25) is 5.95 Å². The molecule has 2 rings (SSSR count). The zero-order valence-corrected chi connectivity index (χ0v) is 12.5. The summed E-state index contributed by atoms with van der Waals surface area (Å²) in [4.78, 5) is 4.56. The van der Waals surface area contributed by atoms with Gasteiger partial charge in [-0.25, -0.2) is 4.98 Å². The average Bonchev–Trinajstić information content (AvgIpc) is 2.81. The lowest BCUT2D eigenvalue weighted by molar-refractivity contribution is 0.185. The number of anilines is 1. The number of hydrogen-bond acceptors (Lipinski definition) is 3. The minimum absolute atomic E-state index is 0.625. The van der Waals surface area contributed by atoms with E-state index in [1.54, 1.807) is 7.11 Å². The summed E-state index contributed by atoms with van der Waals surface area (Å²) in [6.45, 7) is 5.78. The highest BCUT2D eigenvalue weighted by atomic mass is 16.5. The molecule has 0 atom stereocenters. The first-order chi connectivity index (χ1) is 9.74. The topological polar surface area (TPSA) is 39.1 Å². The van der Waals surface area contributed by atoms with Crippen molar-refractivity contribution in [2.24, 2.45) is 0 Å². The van der Waals surface area contributed by atoms with Crippen molar-refractivity contribution in [1.29, 1.82) is 0 Å². The van der Waals surface area contributed by atoms with E-state index in [0.29, 0.717) is 6.61 Å².